The lowest BCUT2D eigenvalue weighted by Crippen LogP contribution is -2.27. The molecule has 13 heavy (non-hydrogen) atoms. The Bertz CT molecular complexity index is 371. The van der Waals surface area contributed by atoms with E-state index in [0.717, 1.165) is 10.8 Å². The molecule has 1 rings (SSSR count). The van der Waals surface area contributed by atoms with Crippen LogP contribution in [-0.4, -0.2) is 27.7 Å². The number of rotatable bonds is 3. The number of nitrogens with zero attached hydrogens (tertiary/aromatic N) is 2. The summed E-state index contributed by atoms with van der Waals surface area (Å²) in [4.78, 5) is 25.3. The van der Waals surface area contributed by atoms with Crippen molar-refractivity contribution in [3.8, 4) is 0 Å². The summed E-state index contributed by atoms with van der Waals surface area (Å²) >= 11 is 0. The van der Waals surface area contributed by atoms with Gasteiger partial charge in [-0.3, -0.25) is 9.36 Å². The lowest BCUT2D eigenvalue weighted by molar-refractivity contribution is 0.0690. The zero-order chi connectivity index (χ0) is 9.84. The minimum Gasteiger partial charge on any atom is -0.477 e. The summed E-state index contributed by atoms with van der Waals surface area (Å²) in [6, 6.07) is 0. The molecule has 0 saturated carbocycles. The van der Waals surface area contributed by atoms with E-state index in [1.54, 1.807) is 0 Å². The van der Waals surface area contributed by atoms with Crippen molar-refractivity contribution in [1.29, 1.82) is 0 Å². The molecule has 0 fully saturated rings. The van der Waals surface area contributed by atoms with E-state index in [-0.39, 0.29) is 12.3 Å². The Hall–Kier alpha value is -1.69. The van der Waals surface area contributed by atoms with Gasteiger partial charge in [-0.15, -0.1) is 0 Å². The highest BCUT2D eigenvalue weighted by Crippen LogP contribution is 1.88. The molecule has 0 spiro atoms. The van der Waals surface area contributed by atoms with Gasteiger partial charge >= 0.3 is 5.97 Å². The topological polar surface area (TPSA) is 81.4 Å². The fourth-order valence-electron chi connectivity index (χ4n) is 0.828. The average molecular weight is 184 g/mol. The summed E-state index contributed by atoms with van der Waals surface area (Å²) < 4.78 is 5.75. The first-order valence-electron chi connectivity index (χ1n) is 3.43. The summed E-state index contributed by atoms with van der Waals surface area (Å²) in [5, 5.41) is 8.56. The first kappa shape index (κ1) is 9.40. The van der Waals surface area contributed by atoms with Gasteiger partial charge in [0.2, 0.25) is 0 Å². The number of carbonyl (C=O) groups is 1. The summed E-state index contributed by atoms with van der Waals surface area (Å²) in [6.07, 6.45) is 2.23. The molecule has 0 saturated heterocycles. The Balaban J connectivity index is 3.19. The summed E-state index contributed by atoms with van der Waals surface area (Å²) in [7, 11) is 1.40. The molecule has 6 heteroatoms. The van der Waals surface area contributed by atoms with Gasteiger partial charge in [-0.1, -0.05) is 0 Å². The molecule has 0 bridgehead atoms. The standard InChI is InChI=1S/C7H8N2O4/c1-13-4-9-3-8-2-5(6(9)10)7(11)12/h2-3H,4H2,1H3,(H,11,12). The molecule has 0 radical (unpaired) electrons. The van der Waals surface area contributed by atoms with Crippen LogP contribution in [0.1, 0.15) is 10.4 Å². The molecule has 0 atom stereocenters. The highest BCUT2D eigenvalue weighted by molar-refractivity contribution is 5.86. The Kier molecular flexibility index (Phi) is 2.76. The van der Waals surface area contributed by atoms with Crippen LogP contribution < -0.4 is 5.56 Å². The second-order valence-electron chi connectivity index (χ2n) is 2.31. The number of carboxylic acid groups (broad SMARTS) is 1. The number of aromatic nitrogens is 2. The largest absolute Gasteiger partial charge is 0.477 e. The van der Waals surface area contributed by atoms with E-state index in [1.807, 2.05) is 0 Å². The molecule has 0 aliphatic heterocycles. The third-order valence-electron chi connectivity index (χ3n) is 1.40. The Labute approximate surface area is 73.4 Å². The maximum Gasteiger partial charge on any atom is 0.342 e. The SMILES string of the molecule is COCn1cncc(C(=O)O)c1=O. The molecule has 1 heterocycles. The second kappa shape index (κ2) is 3.81. The maximum atomic E-state index is 11.3. The van der Waals surface area contributed by atoms with Crippen molar-refractivity contribution in [2.24, 2.45) is 0 Å². The van der Waals surface area contributed by atoms with E-state index < -0.39 is 11.5 Å². The minimum absolute atomic E-state index is 0.00699. The molecule has 70 valence electrons. The van der Waals surface area contributed by atoms with Gasteiger partial charge in [-0.05, 0) is 0 Å². The van der Waals surface area contributed by atoms with Gasteiger partial charge in [0, 0.05) is 13.3 Å². The number of ether oxygens (including phenoxy) is 1. The van der Waals surface area contributed by atoms with E-state index >= 15 is 0 Å². The maximum absolute atomic E-state index is 11.3. The zero-order valence-corrected chi connectivity index (χ0v) is 6.93. The first-order chi connectivity index (χ1) is 6.16. The van der Waals surface area contributed by atoms with Crippen molar-refractivity contribution in [1.82, 2.24) is 9.55 Å². The van der Waals surface area contributed by atoms with E-state index in [1.165, 1.54) is 13.4 Å². The van der Waals surface area contributed by atoms with Gasteiger partial charge in [-0.25, -0.2) is 9.78 Å². The van der Waals surface area contributed by atoms with Crippen molar-refractivity contribution >= 4 is 5.97 Å². The molecule has 1 N–H and O–H groups in total. The van der Waals surface area contributed by atoms with E-state index in [9.17, 15) is 9.59 Å². The van der Waals surface area contributed by atoms with Crippen LogP contribution in [0.3, 0.4) is 0 Å². The van der Waals surface area contributed by atoms with Crippen LogP contribution in [0.5, 0.6) is 0 Å². The van der Waals surface area contributed by atoms with Gasteiger partial charge in [0.15, 0.2) is 0 Å². The number of methoxy groups -OCH3 is 1. The van der Waals surface area contributed by atoms with Crippen LogP contribution in [0.2, 0.25) is 0 Å². The van der Waals surface area contributed by atoms with Crippen LogP contribution in [0.4, 0.5) is 0 Å². The molecule has 0 aromatic carbocycles. The predicted octanol–water partition coefficient (Wildman–Crippen LogP) is -0.455. The molecular weight excluding hydrogens is 176 g/mol. The fraction of sp³-hybridized carbons (Fsp3) is 0.286. The van der Waals surface area contributed by atoms with Gasteiger partial charge < -0.3 is 9.84 Å². The molecule has 6 nitrogen and oxygen atoms in total. The minimum atomic E-state index is -1.29. The summed E-state index contributed by atoms with van der Waals surface area (Å²) in [5.74, 6) is -1.29. The van der Waals surface area contributed by atoms with Crippen molar-refractivity contribution in [3.63, 3.8) is 0 Å². The van der Waals surface area contributed by atoms with Gasteiger partial charge in [0.05, 0.1) is 6.33 Å². The fourth-order valence-corrected chi connectivity index (χ4v) is 0.828. The number of aromatic carboxylic acids is 1. The smallest absolute Gasteiger partial charge is 0.342 e. The number of hydrogen-bond donors (Lipinski definition) is 1. The highest BCUT2D eigenvalue weighted by Gasteiger charge is 2.10. The molecule has 0 unspecified atom stereocenters. The van der Waals surface area contributed by atoms with Crippen LogP contribution in [-0.2, 0) is 11.5 Å². The van der Waals surface area contributed by atoms with E-state index in [0.29, 0.717) is 0 Å². The second-order valence-corrected chi connectivity index (χ2v) is 2.31. The molecule has 1 aromatic rings. The van der Waals surface area contributed by atoms with Crippen molar-refractivity contribution in [3.05, 3.63) is 28.4 Å². The van der Waals surface area contributed by atoms with Gasteiger partial charge in [0.25, 0.3) is 5.56 Å². The van der Waals surface area contributed by atoms with E-state index in [2.05, 4.69) is 9.72 Å². The highest BCUT2D eigenvalue weighted by atomic mass is 16.5. The van der Waals surface area contributed by atoms with Crippen molar-refractivity contribution in [2.45, 2.75) is 6.73 Å². The molecule has 0 aliphatic carbocycles. The Morgan fingerprint density at radius 2 is 2.46 bits per heavy atom. The monoisotopic (exact) mass is 184 g/mol. The first-order valence-corrected chi connectivity index (χ1v) is 3.43. The van der Waals surface area contributed by atoms with Crippen molar-refractivity contribution in [2.75, 3.05) is 7.11 Å². The van der Waals surface area contributed by atoms with Gasteiger partial charge in [0.1, 0.15) is 12.3 Å². The average Bonchev–Trinajstić information content (AvgIpc) is 2.08. The van der Waals surface area contributed by atoms with Crippen LogP contribution in [0.25, 0.3) is 0 Å². The third kappa shape index (κ3) is 1.91. The molecule has 1 aromatic heterocycles. The molecule has 0 aliphatic rings. The Morgan fingerprint density at radius 3 is 3.00 bits per heavy atom. The van der Waals surface area contributed by atoms with Crippen molar-refractivity contribution < 1.29 is 14.6 Å². The van der Waals surface area contributed by atoms with Crippen LogP contribution >= 0.6 is 0 Å². The lowest BCUT2D eigenvalue weighted by atomic mass is 10.3. The lowest BCUT2D eigenvalue weighted by Gasteiger charge is -2.02. The zero-order valence-electron chi connectivity index (χ0n) is 6.93. The number of hydrogen-bond acceptors (Lipinski definition) is 4. The summed E-state index contributed by atoms with van der Waals surface area (Å²) in [5.41, 5.74) is -0.982. The van der Waals surface area contributed by atoms with E-state index in [4.69, 9.17) is 5.11 Å². The van der Waals surface area contributed by atoms with Gasteiger partial charge in [-0.2, -0.15) is 0 Å². The normalized spacial score (nSPS) is 9.92. The molecule has 0 amide bonds. The van der Waals surface area contributed by atoms with Crippen LogP contribution in [0.15, 0.2) is 17.3 Å². The third-order valence-corrected chi connectivity index (χ3v) is 1.40. The molecular formula is C7H8N2O4. The predicted molar refractivity (Wildman–Crippen MR) is 42.5 cm³/mol. The Morgan fingerprint density at radius 1 is 1.77 bits per heavy atom. The quantitative estimate of drug-likeness (QED) is 0.687. The summed E-state index contributed by atoms with van der Waals surface area (Å²) in [6.45, 7) is -0.00699. The van der Waals surface area contributed by atoms with Crippen LogP contribution in [0, 0.1) is 0 Å². The number of carboxylic acids is 1.